The van der Waals surface area contributed by atoms with Crippen LogP contribution in [0.3, 0.4) is 0 Å². The van der Waals surface area contributed by atoms with Crippen LogP contribution in [0.4, 0.5) is 4.79 Å². The Morgan fingerprint density at radius 2 is 1.86 bits per heavy atom. The Morgan fingerprint density at radius 1 is 1.14 bits per heavy atom. The summed E-state index contributed by atoms with van der Waals surface area (Å²) in [6.07, 6.45) is 0.863. The molecular weight excluding hydrogens is 271 g/mol. The highest BCUT2D eigenvalue weighted by atomic mass is 16.6. The highest BCUT2D eigenvalue weighted by molar-refractivity contribution is 6.32. The first kappa shape index (κ1) is 13.4. The normalized spacial score (nSPS) is 24.4. The molecule has 0 radical (unpaired) electrons. The van der Waals surface area contributed by atoms with Crippen molar-refractivity contribution >= 4 is 31.2 Å². The first-order valence-corrected chi connectivity index (χ1v) is 6.61. The Balaban J connectivity index is 1.88. The predicted octanol–water partition coefficient (Wildman–Crippen LogP) is -1.25. The van der Waals surface area contributed by atoms with E-state index in [1.165, 1.54) is 6.08 Å². The zero-order valence-corrected chi connectivity index (χ0v) is 11.4. The molecule has 2 unspecified atom stereocenters. The molecule has 1 fully saturated rings. The largest absolute Gasteiger partial charge is 0.437 e. The Kier molecular flexibility index (Phi) is 3.25. The molecule has 0 saturated carbocycles. The van der Waals surface area contributed by atoms with Gasteiger partial charge in [0.2, 0.25) is 5.91 Å². The van der Waals surface area contributed by atoms with Crippen LogP contribution in [0.2, 0.25) is 0 Å². The molecule has 1 aromatic rings. The number of ether oxygens (including phenoxy) is 1. The highest BCUT2D eigenvalue weighted by Gasteiger charge is 2.42. The summed E-state index contributed by atoms with van der Waals surface area (Å²) in [6.45, 7) is 0. The fourth-order valence-electron chi connectivity index (χ4n) is 2.54. The van der Waals surface area contributed by atoms with Crippen molar-refractivity contribution < 1.29 is 19.1 Å². The fraction of sp³-hybridized carbons (Fsp3) is 0.214. The molecule has 0 spiro atoms. The number of urea groups is 1. The third-order valence-corrected chi connectivity index (χ3v) is 3.57. The summed E-state index contributed by atoms with van der Waals surface area (Å²) in [5.41, 5.74) is 2.76. The van der Waals surface area contributed by atoms with Gasteiger partial charge >= 0.3 is 12.0 Å². The number of hydrogen-bond acceptors (Lipinski definition) is 4. The number of amides is 3. The number of esters is 1. The molecule has 7 heteroatoms. The van der Waals surface area contributed by atoms with Crippen molar-refractivity contribution in [1.82, 2.24) is 10.6 Å². The van der Waals surface area contributed by atoms with E-state index in [2.05, 4.69) is 10.6 Å². The van der Waals surface area contributed by atoms with Crippen molar-refractivity contribution in [2.75, 3.05) is 0 Å². The summed E-state index contributed by atoms with van der Waals surface area (Å²) < 4.78 is 5.01. The van der Waals surface area contributed by atoms with Gasteiger partial charge in [-0.3, -0.25) is 10.1 Å². The molecule has 6 nitrogen and oxygen atoms in total. The maximum Gasteiger partial charge on any atom is 0.332 e. The van der Waals surface area contributed by atoms with Gasteiger partial charge < -0.3 is 10.1 Å². The predicted molar refractivity (Wildman–Crippen MR) is 76.5 cm³/mol. The van der Waals surface area contributed by atoms with Crippen molar-refractivity contribution in [3.05, 3.63) is 41.5 Å². The number of benzene rings is 1. The molecule has 1 saturated heterocycles. The summed E-state index contributed by atoms with van der Waals surface area (Å²) in [5, 5.41) is 4.65. The van der Waals surface area contributed by atoms with E-state index in [-0.39, 0.29) is 0 Å². The SMILES string of the molecule is Bc1ccc(CC2=CC(=O)OC3NC(=O)NC(=O)C23)cc1. The van der Waals surface area contributed by atoms with Crippen LogP contribution in [0.15, 0.2) is 35.9 Å². The molecule has 0 bridgehead atoms. The van der Waals surface area contributed by atoms with Gasteiger partial charge in [0.25, 0.3) is 0 Å². The smallest absolute Gasteiger partial charge is 0.332 e. The molecule has 3 rings (SSSR count). The van der Waals surface area contributed by atoms with E-state index in [0.29, 0.717) is 12.0 Å². The lowest BCUT2D eigenvalue weighted by atomic mass is 9.87. The average molecular weight is 284 g/mol. The monoisotopic (exact) mass is 284 g/mol. The van der Waals surface area contributed by atoms with Crippen molar-refractivity contribution in [1.29, 1.82) is 0 Å². The summed E-state index contributed by atoms with van der Waals surface area (Å²) in [5.74, 6) is -1.68. The molecule has 2 aliphatic heterocycles. The molecule has 0 aromatic heterocycles. The maximum atomic E-state index is 12.0. The molecule has 106 valence electrons. The molecule has 2 heterocycles. The molecule has 1 aromatic carbocycles. The summed E-state index contributed by atoms with van der Waals surface area (Å²) in [4.78, 5) is 34.9. The van der Waals surface area contributed by atoms with Crippen LogP contribution < -0.4 is 16.1 Å². The second-order valence-corrected chi connectivity index (χ2v) is 5.18. The number of rotatable bonds is 2. The van der Waals surface area contributed by atoms with E-state index >= 15 is 0 Å². The van der Waals surface area contributed by atoms with Gasteiger partial charge in [0.05, 0.1) is 0 Å². The van der Waals surface area contributed by atoms with Gasteiger partial charge in [-0.15, -0.1) is 0 Å². The van der Waals surface area contributed by atoms with E-state index in [1.807, 2.05) is 32.1 Å². The van der Waals surface area contributed by atoms with Crippen LogP contribution in [0.25, 0.3) is 0 Å². The van der Waals surface area contributed by atoms with Gasteiger partial charge in [-0.05, 0) is 17.6 Å². The minimum Gasteiger partial charge on any atom is -0.437 e. The molecule has 3 amide bonds. The third kappa shape index (κ3) is 2.67. The van der Waals surface area contributed by atoms with Crippen LogP contribution in [0.1, 0.15) is 5.56 Å². The molecule has 0 aliphatic carbocycles. The standard InChI is InChI=1S/C14H13BN2O4/c15-9-3-1-7(2-4-9)5-8-6-10(18)21-13-11(8)12(19)16-14(20)17-13/h1-4,6,11,13H,5,15H2,(H2,16,17,19,20). The van der Waals surface area contributed by atoms with Gasteiger partial charge in [0.1, 0.15) is 13.8 Å². The lowest BCUT2D eigenvalue weighted by Crippen LogP contribution is -2.61. The zero-order valence-electron chi connectivity index (χ0n) is 11.4. The summed E-state index contributed by atoms with van der Waals surface area (Å²) >= 11 is 0. The fourth-order valence-corrected chi connectivity index (χ4v) is 2.54. The first-order valence-electron chi connectivity index (χ1n) is 6.61. The number of hydrogen-bond donors (Lipinski definition) is 2. The lowest BCUT2D eigenvalue weighted by molar-refractivity contribution is -0.152. The molecular formula is C14H13BN2O4. The van der Waals surface area contributed by atoms with E-state index in [9.17, 15) is 14.4 Å². The van der Waals surface area contributed by atoms with E-state index in [0.717, 1.165) is 11.0 Å². The second kappa shape index (κ2) is 5.08. The van der Waals surface area contributed by atoms with Crippen LogP contribution in [0, 0.1) is 5.92 Å². The zero-order chi connectivity index (χ0) is 15.0. The van der Waals surface area contributed by atoms with Crippen molar-refractivity contribution in [2.45, 2.75) is 12.6 Å². The van der Waals surface area contributed by atoms with Crippen molar-refractivity contribution in [3.63, 3.8) is 0 Å². The lowest BCUT2D eigenvalue weighted by Gasteiger charge is -2.34. The van der Waals surface area contributed by atoms with Crippen LogP contribution in [-0.4, -0.2) is 32.0 Å². The molecule has 2 atom stereocenters. The number of fused-ring (bicyclic) bond motifs is 1. The Morgan fingerprint density at radius 3 is 2.57 bits per heavy atom. The van der Waals surface area contributed by atoms with E-state index < -0.39 is 30.1 Å². The number of carbonyl (C=O) groups is 3. The van der Waals surface area contributed by atoms with Crippen LogP contribution in [0.5, 0.6) is 0 Å². The topological polar surface area (TPSA) is 84.5 Å². The number of carbonyl (C=O) groups excluding carboxylic acids is 3. The van der Waals surface area contributed by atoms with E-state index in [4.69, 9.17) is 4.74 Å². The van der Waals surface area contributed by atoms with Crippen LogP contribution >= 0.6 is 0 Å². The Bertz CT molecular complexity index is 653. The Hall–Kier alpha value is -2.57. The molecule has 2 N–H and O–H groups in total. The van der Waals surface area contributed by atoms with Crippen molar-refractivity contribution in [2.24, 2.45) is 5.92 Å². The van der Waals surface area contributed by atoms with Gasteiger partial charge in [-0.1, -0.05) is 29.7 Å². The minimum absolute atomic E-state index is 0.449. The molecule has 21 heavy (non-hydrogen) atoms. The molecule has 2 aliphatic rings. The summed E-state index contributed by atoms with van der Waals surface area (Å²) in [6, 6.07) is 7.19. The number of imide groups is 1. The Labute approximate surface area is 121 Å². The maximum absolute atomic E-state index is 12.0. The van der Waals surface area contributed by atoms with Gasteiger partial charge in [-0.25, -0.2) is 9.59 Å². The van der Waals surface area contributed by atoms with Gasteiger partial charge in [0.15, 0.2) is 6.23 Å². The summed E-state index contributed by atoms with van der Waals surface area (Å²) in [7, 11) is 1.99. The quantitative estimate of drug-likeness (QED) is 0.525. The third-order valence-electron chi connectivity index (χ3n) is 3.57. The first-order chi connectivity index (χ1) is 10.0. The number of nitrogens with one attached hydrogen (secondary N) is 2. The minimum atomic E-state index is -0.927. The van der Waals surface area contributed by atoms with Crippen molar-refractivity contribution in [3.8, 4) is 0 Å². The van der Waals surface area contributed by atoms with Gasteiger partial charge in [0, 0.05) is 6.08 Å². The highest BCUT2D eigenvalue weighted by Crippen LogP contribution is 2.27. The second-order valence-electron chi connectivity index (χ2n) is 5.18. The van der Waals surface area contributed by atoms with Gasteiger partial charge in [-0.2, -0.15) is 0 Å². The average Bonchev–Trinajstić information content (AvgIpc) is 2.40. The van der Waals surface area contributed by atoms with Crippen LogP contribution in [-0.2, 0) is 20.7 Å². The van der Waals surface area contributed by atoms with E-state index in [1.54, 1.807) is 0 Å².